The number of aromatic nitrogens is 4. The summed E-state index contributed by atoms with van der Waals surface area (Å²) in [5, 5.41) is 4.13. The van der Waals surface area contributed by atoms with Crippen LogP contribution in [0.3, 0.4) is 0 Å². The van der Waals surface area contributed by atoms with Gasteiger partial charge >= 0.3 is 11.1 Å². The number of ether oxygens (including phenoxy) is 2. The molecule has 5 aromatic rings. The Morgan fingerprint density at radius 3 is 2.51 bits per heavy atom. The number of hydrogen-bond acceptors (Lipinski definition) is 8. The lowest BCUT2D eigenvalue weighted by atomic mass is 9.98. The lowest BCUT2D eigenvalue weighted by molar-refractivity contribution is 0.0602. The van der Waals surface area contributed by atoms with Crippen LogP contribution in [0.2, 0.25) is 0 Å². The fraction of sp³-hybridized carbons (Fsp3) is 0.107. The van der Waals surface area contributed by atoms with Crippen molar-refractivity contribution in [3.63, 3.8) is 0 Å². The van der Waals surface area contributed by atoms with Crippen LogP contribution in [0.15, 0.2) is 90.6 Å². The molecule has 10 nitrogen and oxygen atoms in total. The summed E-state index contributed by atoms with van der Waals surface area (Å²) in [5.74, 6) is -0.257. The Morgan fingerprint density at radius 1 is 1.03 bits per heavy atom. The summed E-state index contributed by atoms with van der Waals surface area (Å²) >= 11 is 5.20. The molecule has 2 heterocycles. The Kier molecular flexibility index (Phi) is 7.32. The van der Waals surface area contributed by atoms with E-state index in [1.165, 1.54) is 18.0 Å². The van der Waals surface area contributed by atoms with Crippen molar-refractivity contribution in [2.24, 2.45) is 10.9 Å². The fourth-order valence-electron chi connectivity index (χ4n) is 4.22. The maximum absolute atomic E-state index is 12.4. The normalized spacial score (nSPS) is 11.4. The minimum Gasteiger partial charge on any atom is -0.468 e. The van der Waals surface area contributed by atoms with Crippen molar-refractivity contribution >= 4 is 40.2 Å². The average Bonchev–Trinajstić information content (AvgIpc) is 3.64. The Hall–Kier alpha value is -5.03. The molecule has 0 saturated heterocycles. The first kappa shape index (κ1) is 25.6. The van der Waals surface area contributed by atoms with Crippen molar-refractivity contribution in [1.82, 2.24) is 19.1 Å². The Bertz CT molecular complexity index is 1680. The summed E-state index contributed by atoms with van der Waals surface area (Å²) in [6.07, 6.45) is 4.76. The van der Waals surface area contributed by atoms with Gasteiger partial charge in [0.2, 0.25) is 0 Å². The number of methoxy groups -OCH3 is 2. The van der Waals surface area contributed by atoms with Gasteiger partial charge in [0.05, 0.1) is 37.4 Å². The number of carbonyl (C=O) groups is 1. The van der Waals surface area contributed by atoms with Crippen molar-refractivity contribution in [3.05, 3.63) is 102 Å². The van der Waals surface area contributed by atoms with Gasteiger partial charge in [0.25, 0.3) is 6.01 Å². The van der Waals surface area contributed by atoms with Gasteiger partial charge in [-0.1, -0.05) is 59.8 Å². The number of nitrogens with two attached hydrogens (primary N) is 1. The zero-order valence-electron chi connectivity index (χ0n) is 21.1. The highest BCUT2D eigenvalue weighted by molar-refractivity contribution is 7.80. The zero-order valence-corrected chi connectivity index (χ0v) is 22.0. The van der Waals surface area contributed by atoms with Gasteiger partial charge in [-0.15, -0.1) is 0 Å². The number of oxime groups is 1. The van der Waals surface area contributed by atoms with E-state index in [1.807, 2.05) is 59.2 Å². The van der Waals surface area contributed by atoms with Crippen molar-refractivity contribution < 1.29 is 19.1 Å². The number of benzene rings is 3. The topological polar surface area (TPSA) is 119 Å². The van der Waals surface area contributed by atoms with Crippen molar-refractivity contribution in [2.45, 2.75) is 6.54 Å². The molecule has 2 N–H and O–H groups in total. The van der Waals surface area contributed by atoms with Crippen LogP contribution in [0.25, 0.3) is 22.2 Å². The third kappa shape index (κ3) is 5.20. The van der Waals surface area contributed by atoms with Gasteiger partial charge in [-0.3, -0.25) is 9.13 Å². The smallest absolute Gasteiger partial charge is 0.340 e. The van der Waals surface area contributed by atoms with E-state index in [0.29, 0.717) is 34.7 Å². The van der Waals surface area contributed by atoms with Crippen molar-refractivity contribution in [3.8, 4) is 17.1 Å². The van der Waals surface area contributed by atoms with Crippen LogP contribution in [0.1, 0.15) is 21.5 Å². The molecule has 0 amide bonds. The lowest BCUT2D eigenvalue weighted by Gasteiger charge is -2.12. The Morgan fingerprint density at radius 2 is 1.79 bits per heavy atom. The minimum absolute atomic E-state index is 0.107. The van der Waals surface area contributed by atoms with E-state index in [0.717, 1.165) is 16.7 Å². The molecule has 0 radical (unpaired) electrons. The van der Waals surface area contributed by atoms with Gasteiger partial charge < -0.3 is 20.0 Å². The van der Waals surface area contributed by atoms with E-state index in [9.17, 15) is 4.79 Å². The number of carbonyl (C=O) groups excluding carboxylic acids is 1. The van der Waals surface area contributed by atoms with Crippen LogP contribution in [-0.4, -0.2) is 50.3 Å². The van der Waals surface area contributed by atoms with Gasteiger partial charge in [-0.25, -0.2) is 9.78 Å². The van der Waals surface area contributed by atoms with Crippen LogP contribution >= 0.6 is 12.2 Å². The quantitative estimate of drug-likeness (QED) is 0.107. The van der Waals surface area contributed by atoms with Gasteiger partial charge in [-0.2, -0.15) is 4.98 Å². The molecular weight excluding hydrogens is 516 g/mol. The largest absolute Gasteiger partial charge is 0.468 e. The standard InChI is InChI=1S/C28H24N6O4S/c1-36-26(35)22-8-5-9-23-24(22)34(27(31-23)37-2)16-18-10-12-19(13-11-18)20-6-3-4-7-21(20)25(29)32-38-28(39)33-15-14-30-17-33/h3-15,17H,16H2,1-2H3,(H2,29,32). The number of hydrogen-bond donors (Lipinski definition) is 1. The van der Waals surface area contributed by atoms with Crippen molar-refractivity contribution in [1.29, 1.82) is 0 Å². The van der Waals surface area contributed by atoms with Crippen LogP contribution in [0, 0.1) is 0 Å². The van der Waals surface area contributed by atoms with Crippen LogP contribution < -0.4 is 10.5 Å². The van der Waals surface area contributed by atoms with Gasteiger partial charge in [0.1, 0.15) is 6.33 Å². The van der Waals surface area contributed by atoms with E-state index in [2.05, 4.69) is 15.1 Å². The molecule has 196 valence electrons. The number of esters is 1. The molecule has 39 heavy (non-hydrogen) atoms. The van der Waals surface area contributed by atoms with E-state index < -0.39 is 5.97 Å². The molecule has 5 rings (SSSR count). The molecule has 0 aliphatic carbocycles. The Balaban J connectivity index is 1.42. The number of rotatable bonds is 7. The highest BCUT2D eigenvalue weighted by atomic mass is 32.1. The number of amidine groups is 1. The molecule has 2 aromatic heterocycles. The summed E-state index contributed by atoms with van der Waals surface area (Å²) in [4.78, 5) is 26.2. The van der Waals surface area contributed by atoms with E-state index in [-0.39, 0.29) is 11.0 Å². The molecule has 0 saturated carbocycles. The molecule has 0 bridgehead atoms. The molecule has 0 fully saturated rings. The average molecular weight is 541 g/mol. The number of nitrogens with zero attached hydrogens (tertiary/aromatic N) is 5. The molecule has 0 atom stereocenters. The van der Waals surface area contributed by atoms with Crippen LogP contribution in [0.4, 0.5) is 0 Å². The third-order valence-corrected chi connectivity index (χ3v) is 6.35. The maximum atomic E-state index is 12.4. The molecule has 11 heteroatoms. The SMILES string of the molecule is COC(=O)c1cccc2nc(OC)n(Cc3ccc(-c4ccccc4/C(N)=N/OC(=S)n4ccnc4)cc3)c12. The Labute approximate surface area is 229 Å². The van der Waals surface area contributed by atoms with Crippen molar-refractivity contribution in [2.75, 3.05) is 14.2 Å². The molecule has 0 spiro atoms. The van der Waals surface area contributed by atoms with E-state index in [1.54, 1.807) is 31.6 Å². The van der Waals surface area contributed by atoms with Gasteiger partial charge in [0, 0.05) is 18.0 Å². The summed E-state index contributed by atoms with van der Waals surface area (Å²) in [5.41, 5.74) is 11.5. The molecule has 3 aromatic carbocycles. The number of thiocarbonyl (C=S) groups is 1. The summed E-state index contributed by atoms with van der Waals surface area (Å²) in [6, 6.07) is 21.3. The molecular formula is C28H24N6O4S. The zero-order chi connectivity index (χ0) is 27.4. The van der Waals surface area contributed by atoms with Crippen LogP contribution in [0.5, 0.6) is 6.01 Å². The predicted octanol–water partition coefficient (Wildman–Crippen LogP) is 4.21. The number of fused-ring (bicyclic) bond motifs is 1. The molecule has 0 aliphatic rings. The summed E-state index contributed by atoms with van der Waals surface area (Å²) in [6.45, 7) is 0.429. The number of imidazole rings is 2. The van der Waals surface area contributed by atoms with E-state index in [4.69, 9.17) is 32.3 Å². The minimum atomic E-state index is -0.439. The first-order chi connectivity index (χ1) is 19.0. The summed E-state index contributed by atoms with van der Waals surface area (Å²) in [7, 11) is 2.90. The fourth-order valence-corrected chi connectivity index (χ4v) is 4.37. The molecule has 0 unspecified atom stereocenters. The van der Waals surface area contributed by atoms with E-state index >= 15 is 0 Å². The second kappa shape index (κ2) is 11.2. The summed E-state index contributed by atoms with van der Waals surface area (Å²) < 4.78 is 13.9. The second-order valence-electron chi connectivity index (χ2n) is 8.40. The van der Waals surface area contributed by atoms with Crippen LogP contribution in [-0.2, 0) is 16.1 Å². The lowest BCUT2D eigenvalue weighted by Crippen LogP contribution is -2.17. The second-order valence-corrected chi connectivity index (χ2v) is 8.74. The maximum Gasteiger partial charge on any atom is 0.340 e. The predicted molar refractivity (Wildman–Crippen MR) is 151 cm³/mol. The molecule has 0 aliphatic heterocycles. The number of para-hydroxylation sites is 1. The first-order valence-electron chi connectivity index (χ1n) is 11.8. The highest BCUT2D eigenvalue weighted by Crippen LogP contribution is 2.28. The van der Waals surface area contributed by atoms with Gasteiger partial charge in [-0.05, 0) is 41.0 Å². The third-order valence-electron chi connectivity index (χ3n) is 6.07. The monoisotopic (exact) mass is 540 g/mol. The first-order valence-corrected chi connectivity index (χ1v) is 12.2. The highest BCUT2D eigenvalue weighted by Gasteiger charge is 2.19. The van der Waals surface area contributed by atoms with Gasteiger partial charge in [0.15, 0.2) is 5.84 Å².